The van der Waals surface area contributed by atoms with Gasteiger partial charge >= 0.3 is 0 Å². The summed E-state index contributed by atoms with van der Waals surface area (Å²) in [5, 5.41) is 0.160. The molecule has 0 saturated carbocycles. The molecule has 2 heterocycles. The first kappa shape index (κ1) is 19.1. The van der Waals surface area contributed by atoms with Gasteiger partial charge in [0, 0.05) is 19.6 Å². The molecular weight excluding hydrogens is 350 g/mol. The van der Waals surface area contributed by atoms with Gasteiger partial charge in [0.05, 0.1) is 36.4 Å². The molecule has 6 nitrogen and oxygen atoms in total. The van der Waals surface area contributed by atoms with Crippen LogP contribution in [0, 0.1) is 0 Å². The maximum absolute atomic E-state index is 12.5. The summed E-state index contributed by atoms with van der Waals surface area (Å²) < 4.78 is 32.7. The Morgan fingerprint density at radius 2 is 1.77 bits per heavy atom. The number of aromatic nitrogens is 2. The largest absolute Gasteiger partial charge is 0.373 e. The Bertz CT molecular complexity index is 823. The molecule has 1 aliphatic heterocycles. The van der Waals surface area contributed by atoms with Gasteiger partial charge in [-0.25, -0.2) is 13.4 Å². The molecule has 0 bridgehead atoms. The molecule has 26 heavy (non-hydrogen) atoms. The van der Waals surface area contributed by atoms with Crippen molar-refractivity contribution in [3.05, 3.63) is 47.8 Å². The standard InChI is InChI=1S/C19H27N3O3S/c1-4-26(23,24)19-20-10-18(14-21-11-15(2)25-16(3)12-21)22(19)13-17-8-6-5-7-9-17/h5-10,15-16H,4,11-14H2,1-3H3. The van der Waals surface area contributed by atoms with Crippen LogP contribution < -0.4 is 0 Å². The van der Waals surface area contributed by atoms with Gasteiger partial charge in [-0.1, -0.05) is 37.3 Å². The van der Waals surface area contributed by atoms with Gasteiger partial charge in [-0.3, -0.25) is 4.90 Å². The van der Waals surface area contributed by atoms with Crippen molar-refractivity contribution in [2.75, 3.05) is 18.8 Å². The number of rotatable bonds is 6. The van der Waals surface area contributed by atoms with E-state index in [9.17, 15) is 8.42 Å². The summed E-state index contributed by atoms with van der Waals surface area (Å²) in [5.41, 5.74) is 1.98. The number of imidazole rings is 1. The average Bonchev–Trinajstić information content (AvgIpc) is 2.98. The maximum Gasteiger partial charge on any atom is 0.228 e. The lowest BCUT2D eigenvalue weighted by atomic mass is 10.2. The van der Waals surface area contributed by atoms with Gasteiger partial charge in [0.1, 0.15) is 0 Å². The van der Waals surface area contributed by atoms with E-state index < -0.39 is 9.84 Å². The molecule has 1 aliphatic rings. The van der Waals surface area contributed by atoms with Crippen LogP contribution in [-0.2, 0) is 27.7 Å². The molecular formula is C19H27N3O3S. The zero-order chi connectivity index (χ0) is 18.7. The number of ether oxygens (including phenoxy) is 1. The Labute approximate surface area is 155 Å². The summed E-state index contributed by atoms with van der Waals surface area (Å²) in [6.45, 7) is 8.61. The lowest BCUT2D eigenvalue weighted by Gasteiger charge is -2.35. The number of benzene rings is 1. The fraction of sp³-hybridized carbons (Fsp3) is 0.526. The zero-order valence-electron chi connectivity index (χ0n) is 15.6. The average molecular weight is 378 g/mol. The third-order valence-electron chi connectivity index (χ3n) is 4.62. The van der Waals surface area contributed by atoms with E-state index in [0.29, 0.717) is 13.1 Å². The quantitative estimate of drug-likeness (QED) is 0.773. The highest BCUT2D eigenvalue weighted by molar-refractivity contribution is 7.91. The van der Waals surface area contributed by atoms with Crippen LogP contribution in [0.15, 0.2) is 41.7 Å². The predicted octanol–water partition coefficient (Wildman–Crippen LogP) is 2.33. The SMILES string of the molecule is CCS(=O)(=O)c1ncc(CN2CC(C)OC(C)C2)n1Cc1ccccc1. The van der Waals surface area contributed by atoms with E-state index in [-0.39, 0.29) is 23.1 Å². The number of hydrogen-bond donors (Lipinski definition) is 0. The van der Waals surface area contributed by atoms with Crippen molar-refractivity contribution in [2.24, 2.45) is 0 Å². The summed E-state index contributed by atoms with van der Waals surface area (Å²) in [7, 11) is -3.38. The van der Waals surface area contributed by atoms with Crippen molar-refractivity contribution >= 4 is 9.84 Å². The second-order valence-electron chi connectivity index (χ2n) is 6.96. The minimum absolute atomic E-state index is 0.0455. The van der Waals surface area contributed by atoms with Gasteiger partial charge in [0.2, 0.25) is 15.0 Å². The molecule has 0 amide bonds. The molecule has 7 heteroatoms. The second-order valence-corrected chi connectivity index (χ2v) is 9.13. The van der Waals surface area contributed by atoms with Crippen LogP contribution >= 0.6 is 0 Å². The highest BCUT2D eigenvalue weighted by Gasteiger charge is 2.26. The summed E-state index contributed by atoms with van der Waals surface area (Å²) in [4.78, 5) is 6.58. The predicted molar refractivity (Wildman–Crippen MR) is 101 cm³/mol. The van der Waals surface area contributed by atoms with Crippen molar-refractivity contribution in [3.63, 3.8) is 0 Å². The molecule has 0 aliphatic carbocycles. The molecule has 0 spiro atoms. The number of hydrogen-bond acceptors (Lipinski definition) is 5. The first-order valence-corrected chi connectivity index (χ1v) is 10.7. The van der Waals surface area contributed by atoms with E-state index >= 15 is 0 Å². The van der Waals surface area contributed by atoms with Crippen LogP contribution in [0.2, 0.25) is 0 Å². The van der Waals surface area contributed by atoms with Gasteiger partial charge in [0.15, 0.2) is 0 Å². The Morgan fingerprint density at radius 1 is 1.12 bits per heavy atom. The van der Waals surface area contributed by atoms with Gasteiger partial charge in [-0.2, -0.15) is 0 Å². The van der Waals surface area contributed by atoms with E-state index in [1.165, 1.54) is 0 Å². The molecule has 142 valence electrons. The van der Waals surface area contributed by atoms with Crippen LogP contribution in [0.1, 0.15) is 32.0 Å². The first-order valence-electron chi connectivity index (χ1n) is 9.08. The Morgan fingerprint density at radius 3 is 2.38 bits per heavy atom. The molecule has 1 aromatic heterocycles. The molecule has 1 aromatic carbocycles. The third kappa shape index (κ3) is 4.34. The van der Waals surface area contributed by atoms with Gasteiger partial charge in [-0.05, 0) is 19.4 Å². The van der Waals surface area contributed by atoms with Crippen LogP contribution in [0.4, 0.5) is 0 Å². The van der Waals surface area contributed by atoms with Crippen molar-refractivity contribution < 1.29 is 13.2 Å². The number of sulfone groups is 1. The number of morpholine rings is 1. The minimum atomic E-state index is -3.38. The maximum atomic E-state index is 12.5. The van der Waals surface area contributed by atoms with Crippen molar-refractivity contribution in [1.29, 1.82) is 0 Å². The van der Waals surface area contributed by atoms with Gasteiger partial charge in [0.25, 0.3) is 0 Å². The van der Waals surface area contributed by atoms with Crippen molar-refractivity contribution in [1.82, 2.24) is 14.5 Å². The number of nitrogens with zero attached hydrogens (tertiary/aromatic N) is 3. The van der Waals surface area contributed by atoms with E-state index in [4.69, 9.17) is 4.74 Å². The van der Waals surface area contributed by atoms with E-state index in [1.807, 2.05) is 34.9 Å². The molecule has 3 rings (SSSR count). The smallest absolute Gasteiger partial charge is 0.228 e. The molecule has 1 saturated heterocycles. The molecule has 2 atom stereocenters. The Hall–Kier alpha value is -1.70. The second kappa shape index (κ2) is 7.90. The molecule has 2 aromatic rings. The van der Waals surface area contributed by atoms with Gasteiger partial charge in [-0.15, -0.1) is 0 Å². The first-order chi connectivity index (χ1) is 12.4. The highest BCUT2D eigenvalue weighted by Crippen LogP contribution is 2.19. The van der Waals surface area contributed by atoms with E-state index in [2.05, 4.69) is 23.7 Å². The van der Waals surface area contributed by atoms with Crippen LogP contribution in [0.5, 0.6) is 0 Å². The van der Waals surface area contributed by atoms with Crippen LogP contribution in [0.3, 0.4) is 0 Å². The fourth-order valence-corrected chi connectivity index (χ4v) is 4.46. The lowest BCUT2D eigenvalue weighted by molar-refractivity contribution is -0.0710. The van der Waals surface area contributed by atoms with Gasteiger partial charge < -0.3 is 9.30 Å². The summed E-state index contributed by atoms with van der Waals surface area (Å²) in [5.74, 6) is 0.0455. The monoisotopic (exact) mass is 377 g/mol. The zero-order valence-corrected chi connectivity index (χ0v) is 16.4. The Balaban J connectivity index is 1.92. The summed E-state index contributed by atoms with van der Waals surface area (Å²) >= 11 is 0. The molecule has 1 fully saturated rings. The van der Waals surface area contributed by atoms with E-state index in [1.54, 1.807) is 13.1 Å². The normalized spacial score (nSPS) is 21.8. The summed E-state index contributed by atoms with van der Waals surface area (Å²) in [6, 6.07) is 9.89. The Kier molecular flexibility index (Phi) is 5.79. The third-order valence-corrected chi connectivity index (χ3v) is 6.27. The topological polar surface area (TPSA) is 64.4 Å². The highest BCUT2D eigenvalue weighted by atomic mass is 32.2. The van der Waals surface area contributed by atoms with Crippen LogP contribution in [0.25, 0.3) is 0 Å². The summed E-state index contributed by atoms with van der Waals surface area (Å²) in [6.07, 6.45) is 2.04. The molecule has 0 N–H and O–H groups in total. The lowest BCUT2D eigenvalue weighted by Crippen LogP contribution is -2.45. The van der Waals surface area contributed by atoms with Crippen molar-refractivity contribution in [3.8, 4) is 0 Å². The van der Waals surface area contributed by atoms with E-state index in [0.717, 1.165) is 24.3 Å². The minimum Gasteiger partial charge on any atom is -0.373 e. The fourth-order valence-electron chi connectivity index (χ4n) is 3.47. The molecule has 2 unspecified atom stereocenters. The van der Waals surface area contributed by atoms with Crippen LogP contribution in [-0.4, -0.2) is 53.9 Å². The van der Waals surface area contributed by atoms with Crippen molar-refractivity contribution in [2.45, 2.75) is 51.2 Å². The molecule has 0 radical (unpaired) electrons.